The van der Waals surface area contributed by atoms with Crippen LogP contribution in [0.25, 0.3) is 22.3 Å². The lowest BCUT2D eigenvalue weighted by Gasteiger charge is -2.10. The number of fused-ring (bicyclic) bond motifs is 1. The van der Waals surface area contributed by atoms with Crippen LogP contribution in [0.2, 0.25) is 5.02 Å². The molecular weight excluding hydrogens is 294 g/mol. The molecule has 0 saturated heterocycles. The maximum atomic E-state index is 12.3. The molecule has 100 valence electrons. The van der Waals surface area contributed by atoms with Crippen molar-refractivity contribution in [3.05, 3.63) is 57.8 Å². The number of hydrogen-bond acceptors (Lipinski definition) is 4. The molecule has 0 unspecified atom stereocenters. The first kappa shape index (κ1) is 13.0. The largest absolute Gasteiger partial charge is 0.399 e. The van der Waals surface area contributed by atoms with Gasteiger partial charge in [-0.3, -0.25) is 4.79 Å². The van der Waals surface area contributed by atoms with Gasteiger partial charge in [0.2, 0.25) is 0 Å². The highest BCUT2D eigenvalue weighted by atomic mass is 35.5. The minimum Gasteiger partial charge on any atom is -0.399 e. The van der Waals surface area contributed by atoms with Gasteiger partial charge in [0.25, 0.3) is 5.56 Å². The number of nitrogens with two attached hydrogens (primary N) is 1. The fourth-order valence-electron chi connectivity index (χ4n) is 2.01. The Hall–Kier alpha value is -1.98. The number of aromatic nitrogens is 2. The predicted molar refractivity (Wildman–Crippen MR) is 85.2 cm³/mol. The van der Waals surface area contributed by atoms with Gasteiger partial charge >= 0.3 is 0 Å². The van der Waals surface area contributed by atoms with E-state index in [-0.39, 0.29) is 5.56 Å². The normalized spacial score (nSPS) is 10.9. The zero-order valence-corrected chi connectivity index (χ0v) is 11.9. The van der Waals surface area contributed by atoms with Gasteiger partial charge in [-0.05, 0) is 30.3 Å². The van der Waals surface area contributed by atoms with Crippen molar-refractivity contribution < 1.29 is 0 Å². The molecule has 2 N–H and O–H groups in total. The van der Waals surface area contributed by atoms with Crippen LogP contribution < -0.4 is 11.3 Å². The number of benzene rings is 2. The molecule has 0 aliphatic carbocycles. The van der Waals surface area contributed by atoms with E-state index in [1.807, 2.05) is 6.07 Å². The fraction of sp³-hybridized carbons (Fsp3) is 0. The van der Waals surface area contributed by atoms with Crippen LogP contribution in [-0.2, 0) is 0 Å². The van der Waals surface area contributed by atoms with Gasteiger partial charge in [0, 0.05) is 11.3 Å². The Kier molecular flexibility index (Phi) is 3.16. The first-order valence-electron chi connectivity index (χ1n) is 5.84. The molecule has 6 heteroatoms. The van der Waals surface area contributed by atoms with Crippen molar-refractivity contribution in [1.29, 1.82) is 0 Å². The predicted octanol–water partition coefficient (Wildman–Crippen LogP) is 2.99. The van der Waals surface area contributed by atoms with Crippen molar-refractivity contribution in [1.82, 2.24) is 8.96 Å². The van der Waals surface area contributed by atoms with E-state index in [0.29, 0.717) is 33.0 Å². The minimum atomic E-state index is -0.234. The van der Waals surface area contributed by atoms with Crippen molar-refractivity contribution in [2.45, 2.75) is 0 Å². The molecule has 3 rings (SSSR count). The Labute approximate surface area is 125 Å². The van der Waals surface area contributed by atoms with Crippen LogP contribution in [0.5, 0.6) is 0 Å². The van der Waals surface area contributed by atoms with E-state index in [1.54, 1.807) is 36.4 Å². The van der Waals surface area contributed by atoms with Crippen LogP contribution in [0.1, 0.15) is 0 Å². The van der Waals surface area contributed by atoms with E-state index in [9.17, 15) is 4.79 Å². The summed E-state index contributed by atoms with van der Waals surface area (Å²) in [5, 5.41) is 0.938. The maximum Gasteiger partial charge on any atom is 0.271 e. The highest BCUT2D eigenvalue weighted by Gasteiger charge is 2.13. The number of nitrogens with zero attached hydrogens (tertiary/aromatic N) is 2. The lowest BCUT2D eigenvalue weighted by molar-refractivity contribution is 1.12. The summed E-state index contributed by atoms with van der Waals surface area (Å²) in [5.41, 5.74) is 7.20. The molecule has 20 heavy (non-hydrogen) atoms. The summed E-state index contributed by atoms with van der Waals surface area (Å²) < 4.78 is 1.19. The highest BCUT2D eigenvalue weighted by Crippen LogP contribution is 2.28. The topological polar surface area (TPSA) is 60.9 Å². The summed E-state index contributed by atoms with van der Waals surface area (Å²) >= 11 is 10.4. The van der Waals surface area contributed by atoms with Gasteiger partial charge in [-0.25, -0.2) is 8.96 Å². The van der Waals surface area contributed by atoms with Crippen LogP contribution in [0.3, 0.4) is 0 Å². The SMILES string of the molecule is Nc1ccc(-c2nc3ccccc3c(=O)n2S)c(Cl)c1. The second kappa shape index (κ2) is 4.85. The van der Waals surface area contributed by atoms with Crippen LogP contribution in [0.15, 0.2) is 47.3 Å². The summed E-state index contributed by atoms with van der Waals surface area (Å²) in [4.78, 5) is 16.7. The molecule has 4 nitrogen and oxygen atoms in total. The summed E-state index contributed by atoms with van der Waals surface area (Å²) in [6.45, 7) is 0. The van der Waals surface area contributed by atoms with Crippen LogP contribution in [0, 0.1) is 0 Å². The molecule has 3 aromatic rings. The van der Waals surface area contributed by atoms with Crippen molar-refractivity contribution in [3.63, 3.8) is 0 Å². The zero-order valence-electron chi connectivity index (χ0n) is 10.2. The number of hydrogen-bond donors (Lipinski definition) is 2. The van der Waals surface area contributed by atoms with Crippen LogP contribution in [0.4, 0.5) is 5.69 Å². The minimum absolute atomic E-state index is 0.234. The molecule has 1 aromatic heterocycles. The molecule has 0 bridgehead atoms. The Morgan fingerprint density at radius 1 is 1.20 bits per heavy atom. The Balaban J connectivity index is 2.37. The Morgan fingerprint density at radius 3 is 2.70 bits per heavy atom. The number of para-hydroxylation sites is 1. The Bertz CT molecular complexity index is 876. The third-order valence-electron chi connectivity index (χ3n) is 2.99. The van der Waals surface area contributed by atoms with Crippen molar-refractivity contribution in [3.8, 4) is 11.4 Å². The number of anilines is 1. The first-order chi connectivity index (χ1) is 9.58. The summed E-state index contributed by atoms with van der Waals surface area (Å²) in [7, 11) is 0. The molecule has 0 aliphatic heterocycles. The van der Waals surface area contributed by atoms with Gasteiger partial charge in [0.15, 0.2) is 5.82 Å². The third kappa shape index (κ3) is 2.05. The molecule has 2 aromatic carbocycles. The molecular formula is C14H10ClN3OS. The van der Waals surface area contributed by atoms with E-state index in [0.717, 1.165) is 0 Å². The monoisotopic (exact) mass is 303 g/mol. The van der Waals surface area contributed by atoms with Gasteiger partial charge in [-0.2, -0.15) is 0 Å². The van der Waals surface area contributed by atoms with Gasteiger partial charge in [0.05, 0.1) is 15.9 Å². The van der Waals surface area contributed by atoms with E-state index in [2.05, 4.69) is 17.8 Å². The van der Waals surface area contributed by atoms with E-state index in [1.165, 1.54) is 3.97 Å². The molecule has 0 radical (unpaired) electrons. The molecule has 0 amide bonds. The third-order valence-corrected chi connectivity index (χ3v) is 3.67. The van der Waals surface area contributed by atoms with Gasteiger partial charge in [-0.1, -0.05) is 36.5 Å². The lowest BCUT2D eigenvalue weighted by Crippen LogP contribution is -2.16. The average molecular weight is 304 g/mol. The van der Waals surface area contributed by atoms with E-state index >= 15 is 0 Å². The number of halogens is 1. The highest BCUT2D eigenvalue weighted by molar-refractivity contribution is 7.78. The van der Waals surface area contributed by atoms with E-state index < -0.39 is 0 Å². The molecule has 0 fully saturated rings. The number of rotatable bonds is 1. The molecule has 0 saturated carbocycles. The quantitative estimate of drug-likeness (QED) is 0.536. The zero-order chi connectivity index (χ0) is 14.3. The average Bonchev–Trinajstić information content (AvgIpc) is 2.43. The fourth-order valence-corrected chi connectivity index (χ4v) is 2.54. The molecule has 0 atom stereocenters. The second-order valence-corrected chi connectivity index (χ2v) is 5.12. The number of nitrogen functional groups attached to an aromatic ring is 1. The van der Waals surface area contributed by atoms with Gasteiger partial charge in [-0.15, -0.1) is 0 Å². The van der Waals surface area contributed by atoms with Crippen molar-refractivity contribution in [2.75, 3.05) is 5.73 Å². The molecule has 0 aliphatic rings. The second-order valence-electron chi connectivity index (χ2n) is 4.31. The lowest BCUT2D eigenvalue weighted by atomic mass is 10.1. The van der Waals surface area contributed by atoms with Crippen molar-refractivity contribution >= 4 is 41.0 Å². The van der Waals surface area contributed by atoms with E-state index in [4.69, 9.17) is 17.3 Å². The number of thiol groups is 1. The first-order valence-corrected chi connectivity index (χ1v) is 6.62. The Morgan fingerprint density at radius 2 is 1.95 bits per heavy atom. The summed E-state index contributed by atoms with van der Waals surface area (Å²) in [6.07, 6.45) is 0. The van der Waals surface area contributed by atoms with Gasteiger partial charge < -0.3 is 5.73 Å². The molecule has 0 spiro atoms. The van der Waals surface area contributed by atoms with Gasteiger partial charge in [0.1, 0.15) is 0 Å². The van der Waals surface area contributed by atoms with Crippen molar-refractivity contribution in [2.24, 2.45) is 0 Å². The smallest absolute Gasteiger partial charge is 0.271 e. The maximum absolute atomic E-state index is 12.3. The summed E-state index contributed by atoms with van der Waals surface area (Å²) in [5.74, 6) is 0.391. The summed E-state index contributed by atoms with van der Waals surface area (Å²) in [6, 6.07) is 12.1. The van der Waals surface area contributed by atoms with Crippen LogP contribution in [-0.4, -0.2) is 8.96 Å². The standard InChI is InChI=1S/C14H10ClN3OS/c15-11-7-8(16)5-6-9(11)13-17-12-4-2-1-3-10(12)14(19)18(13)20/h1-7,20H,16H2. The van der Waals surface area contributed by atoms with Crippen LogP contribution >= 0.6 is 24.4 Å². The molecule has 1 heterocycles.